The van der Waals surface area contributed by atoms with Gasteiger partial charge in [0.05, 0.1) is 11.0 Å². The van der Waals surface area contributed by atoms with Gasteiger partial charge in [-0.2, -0.15) is 0 Å². The number of anilines is 1. The van der Waals surface area contributed by atoms with Crippen molar-refractivity contribution in [3.8, 4) is 11.1 Å². The number of H-pyrrole nitrogens is 1. The zero-order valence-corrected chi connectivity index (χ0v) is 12.5. The number of imidazole rings is 1. The van der Waals surface area contributed by atoms with Gasteiger partial charge < -0.3 is 10.3 Å². The van der Waals surface area contributed by atoms with Crippen molar-refractivity contribution in [2.75, 3.05) is 11.9 Å². The van der Waals surface area contributed by atoms with Crippen LogP contribution in [0.1, 0.15) is 12.6 Å². The van der Waals surface area contributed by atoms with Crippen LogP contribution < -0.4 is 10.6 Å². The third-order valence-corrected chi connectivity index (χ3v) is 3.28. The molecule has 0 bridgehead atoms. The Morgan fingerprint density at radius 3 is 2.82 bits per heavy atom. The van der Waals surface area contributed by atoms with E-state index < -0.39 is 0 Å². The molecular weight excluding hydrogens is 278 g/mol. The number of nitrogens with zero attached hydrogens (tertiary/aromatic N) is 2. The van der Waals surface area contributed by atoms with Crippen molar-refractivity contribution >= 4 is 23.0 Å². The number of hydrogen-bond acceptors (Lipinski definition) is 3. The predicted molar refractivity (Wildman–Crippen MR) is 86.8 cm³/mol. The molecular formula is C16H17N5O. The average molecular weight is 295 g/mol. The maximum Gasteiger partial charge on any atom is 0.321 e. The molecule has 0 radical (unpaired) electrons. The number of aryl methyl sites for hydroxylation is 1. The van der Waals surface area contributed by atoms with E-state index in [1.807, 2.05) is 44.2 Å². The molecule has 0 spiro atoms. The first-order valence-corrected chi connectivity index (χ1v) is 7.13. The Labute approximate surface area is 128 Å². The van der Waals surface area contributed by atoms with E-state index >= 15 is 0 Å². The summed E-state index contributed by atoms with van der Waals surface area (Å²) in [5, 5.41) is 5.34. The Hall–Kier alpha value is -2.89. The van der Waals surface area contributed by atoms with Gasteiger partial charge in [0.25, 0.3) is 0 Å². The van der Waals surface area contributed by atoms with Gasteiger partial charge in [-0.15, -0.1) is 0 Å². The number of nitrogens with one attached hydrogen (secondary N) is 3. The van der Waals surface area contributed by atoms with Crippen LogP contribution in [0, 0.1) is 6.92 Å². The Bertz CT molecular complexity index is 824. The molecule has 22 heavy (non-hydrogen) atoms. The van der Waals surface area contributed by atoms with Crippen LogP contribution in [0.25, 0.3) is 22.2 Å². The van der Waals surface area contributed by atoms with Crippen molar-refractivity contribution in [3.63, 3.8) is 0 Å². The summed E-state index contributed by atoms with van der Waals surface area (Å²) >= 11 is 0. The Balaban J connectivity index is 1.91. The molecule has 3 aromatic rings. The van der Waals surface area contributed by atoms with Gasteiger partial charge in [0.1, 0.15) is 0 Å². The molecule has 0 unspecified atom stereocenters. The highest BCUT2D eigenvalue weighted by molar-refractivity contribution is 5.90. The summed E-state index contributed by atoms with van der Waals surface area (Å²) in [7, 11) is 0. The molecule has 0 fully saturated rings. The fourth-order valence-electron chi connectivity index (χ4n) is 2.29. The zero-order chi connectivity index (χ0) is 15.5. The summed E-state index contributed by atoms with van der Waals surface area (Å²) in [6.07, 6.45) is 1.80. The molecule has 3 N–H and O–H groups in total. The second kappa shape index (κ2) is 5.85. The van der Waals surface area contributed by atoms with Crippen LogP contribution in [-0.2, 0) is 0 Å². The number of rotatable bonds is 3. The highest BCUT2D eigenvalue weighted by atomic mass is 16.2. The highest BCUT2D eigenvalue weighted by Gasteiger charge is 2.07. The molecule has 1 aromatic carbocycles. The van der Waals surface area contributed by atoms with Crippen molar-refractivity contribution in [2.45, 2.75) is 13.8 Å². The number of carbonyl (C=O) groups excluding carboxylic acids is 1. The lowest BCUT2D eigenvalue weighted by Gasteiger charge is -2.02. The van der Waals surface area contributed by atoms with E-state index in [2.05, 4.69) is 25.6 Å². The van der Waals surface area contributed by atoms with Gasteiger partial charge in [0.2, 0.25) is 5.95 Å². The van der Waals surface area contributed by atoms with Crippen molar-refractivity contribution in [3.05, 3.63) is 42.2 Å². The maximum atomic E-state index is 11.5. The maximum absolute atomic E-state index is 11.5. The van der Waals surface area contributed by atoms with Gasteiger partial charge in [-0.05, 0) is 49.2 Å². The van der Waals surface area contributed by atoms with E-state index in [1.54, 1.807) is 6.20 Å². The van der Waals surface area contributed by atoms with E-state index in [1.165, 1.54) is 0 Å². The van der Waals surface area contributed by atoms with Crippen LogP contribution in [0.5, 0.6) is 0 Å². The summed E-state index contributed by atoms with van der Waals surface area (Å²) in [5.74, 6) is 0.434. The molecule has 2 heterocycles. The number of hydrogen-bond donors (Lipinski definition) is 3. The lowest BCUT2D eigenvalue weighted by Crippen LogP contribution is -2.28. The molecule has 6 nitrogen and oxygen atoms in total. The summed E-state index contributed by atoms with van der Waals surface area (Å²) in [6.45, 7) is 4.39. The number of pyridine rings is 1. The largest absolute Gasteiger partial charge is 0.338 e. The second-order valence-electron chi connectivity index (χ2n) is 4.99. The molecule has 0 aliphatic heterocycles. The predicted octanol–water partition coefficient (Wildman–Crippen LogP) is 3.07. The van der Waals surface area contributed by atoms with Crippen LogP contribution in [0.2, 0.25) is 0 Å². The van der Waals surface area contributed by atoms with E-state index in [-0.39, 0.29) is 6.03 Å². The first-order valence-electron chi connectivity index (χ1n) is 7.13. The van der Waals surface area contributed by atoms with Crippen LogP contribution in [0.3, 0.4) is 0 Å². The molecule has 2 aromatic heterocycles. The average Bonchev–Trinajstić information content (AvgIpc) is 2.88. The minimum atomic E-state index is -0.272. The third-order valence-electron chi connectivity index (χ3n) is 3.28. The summed E-state index contributed by atoms with van der Waals surface area (Å²) in [6, 6.07) is 9.68. The topological polar surface area (TPSA) is 82.7 Å². The molecule has 2 amide bonds. The van der Waals surface area contributed by atoms with Gasteiger partial charge >= 0.3 is 6.03 Å². The third kappa shape index (κ3) is 2.90. The van der Waals surface area contributed by atoms with Gasteiger partial charge in [0.15, 0.2) is 0 Å². The van der Waals surface area contributed by atoms with Gasteiger partial charge in [-0.25, -0.2) is 9.78 Å². The van der Waals surface area contributed by atoms with Crippen molar-refractivity contribution < 1.29 is 4.79 Å². The van der Waals surface area contributed by atoms with E-state index in [0.717, 1.165) is 27.9 Å². The minimum Gasteiger partial charge on any atom is -0.338 e. The number of aromatic amines is 1. The van der Waals surface area contributed by atoms with Crippen LogP contribution >= 0.6 is 0 Å². The fraction of sp³-hybridized carbons (Fsp3) is 0.188. The molecule has 0 atom stereocenters. The molecule has 0 saturated heterocycles. The fourth-order valence-corrected chi connectivity index (χ4v) is 2.29. The molecule has 0 saturated carbocycles. The lowest BCUT2D eigenvalue weighted by molar-refractivity contribution is 0.252. The number of carbonyl (C=O) groups is 1. The van der Waals surface area contributed by atoms with Gasteiger partial charge in [0, 0.05) is 18.4 Å². The van der Waals surface area contributed by atoms with Crippen molar-refractivity contribution in [2.24, 2.45) is 0 Å². The van der Waals surface area contributed by atoms with Gasteiger partial charge in [-0.1, -0.05) is 6.07 Å². The smallest absolute Gasteiger partial charge is 0.321 e. The molecule has 0 aliphatic rings. The Morgan fingerprint density at radius 2 is 2.05 bits per heavy atom. The standard InChI is InChI=1S/C16H17N5O/c1-3-17-16(22)21-15-19-13-5-4-11(9-14(13)20-15)12-6-7-18-10(2)8-12/h4-9H,3H2,1-2H3,(H3,17,19,20,21,22). The number of aromatic nitrogens is 3. The van der Waals surface area contributed by atoms with Crippen molar-refractivity contribution in [1.29, 1.82) is 0 Å². The van der Waals surface area contributed by atoms with Crippen LogP contribution in [0.15, 0.2) is 36.5 Å². The number of fused-ring (bicyclic) bond motifs is 1. The first kappa shape index (κ1) is 14.1. The Morgan fingerprint density at radius 1 is 1.23 bits per heavy atom. The summed E-state index contributed by atoms with van der Waals surface area (Å²) in [5.41, 5.74) is 4.83. The quantitative estimate of drug-likeness (QED) is 0.694. The SMILES string of the molecule is CCNC(=O)Nc1nc2ccc(-c3ccnc(C)c3)cc2[nH]1. The molecule has 6 heteroatoms. The normalized spacial score (nSPS) is 10.6. The number of amides is 2. The molecule has 3 rings (SSSR count). The van der Waals surface area contributed by atoms with E-state index in [4.69, 9.17) is 0 Å². The minimum absolute atomic E-state index is 0.272. The van der Waals surface area contributed by atoms with Crippen molar-refractivity contribution in [1.82, 2.24) is 20.3 Å². The number of urea groups is 1. The summed E-state index contributed by atoms with van der Waals surface area (Å²) in [4.78, 5) is 23.2. The van der Waals surface area contributed by atoms with Crippen LogP contribution in [-0.4, -0.2) is 27.5 Å². The van der Waals surface area contributed by atoms with Gasteiger partial charge in [-0.3, -0.25) is 10.3 Å². The highest BCUT2D eigenvalue weighted by Crippen LogP contribution is 2.24. The Kier molecular flexibility index (Phi) is 3.74. The zero-order valence-electron chi connectivity index (χ0n) is 12.5. The number of benzene rings is 1. The second-order valence-corrected chi connectivity index (χ2v) is 4.99. The summed E-state index contributed by atoms with van der Waals surface area (Å²) < 4.78 is 0. The molecule has 112 valence electrons. The monoisotopic (exact) mass is 295 g/mol. The van der Waals surface area contributed by atoms with E-state index in [0.29, 0.717) is 12.5 Å². The lowest BCUT2D eigenvalue weighted by atomic mass is 10.1. The van der Waals surface area contributed by atoms with Crippen LogP contribution in [0.4, 0.5) is 10.7 Å². The van der Waals surface area contributed by atoms with E-state index in [9.17, 15) is 4.79 Å². The molecule has 0 aliphatic carbocycles. The first-order chi connectivity index (χ1) is 10.7.